The van der Waals surface area contributed by atoms with E-state index in [-0.39, 0.29) is 28.7 Å². The Hall–Kier alpha value is -3.47. The third-order valence-electron chi connectivity index (χ3n) is 4.55. The number of H-pyrrole nitrogens is 1. The number of amides is 2. The summed E-state index contributed by atoms with van der Waals surface area (Å²) in [6.07, 6.45) is 1.20. The Morgan fingerprint density at radius 2 is 2.25 bits per heavy atom. The molecule has 0 aliphatic carbocycles. The maximum atomic E-state index is 12.4. The molecule has 10 nitrogen and oxygen atoms in total. The van der Waals surface area contributed by atoms with Gasteiger partial charge in [0.1, 0.15) is 11.4 Å². The molecule has 0 unspecified atom stereocenters. The maximum absolute atomic E-state index is 12.4. The van der Waals surface area contributed by atoms with Crippen LogP contribution in [-0.2, 0) is 6.42 Å². The third-order valence-corrected chi connectivity index (χ3v) is 4.55. The Morgan fingerprint density at radius 3 is 2.93 bits per heavy atom. The van der Waals surface area contributed by atoms with E-state index in [0.29, 0.717) is 24.1 Å². The van der Waals surface area contributed by atoms with E-state index in [1.807, 2.05) is 6.07 Å². The van der Waals surface area contributed by atoms with Gasteiger partial charge < -0.3 is 9.80 Å². The van der Waals surface area contributed by atoms with Gasteiger partial charge in [-0.3, -0.25) is 24.7 Å². The van der Waals surface area contributed by atoms with Crippen molar-refractivity contribution in [1.29, 1.82) is 0 Å². The molecule has 0 saturated carbocycles. The van der Waals surface area contributed by atoms with E-state index in [9.17, 15) is 14.4 Å². The lowest BCUT2D eigenvalue weighted by Gasteiger charge is -2.27. The number of hydroxylamine groups is 1. The number of anilines is 1. The number of aliphatic imine (C=N–C) groups is 1. The number of nitrogens with one attached hydrogen (secondary N) is 2. The van der Waals surface area contributed by atoms with E-state index in [1.54, 1.807) is 31.1 Å². The Balaban J connectivity index is 1.97. The fraction of sp³-hybridized carbons (Fsp3) is 0.235. The first-order chi connectivity index (χ1) is 13.4. The number of aromatic nitrogens is 2. The van der Waals surface area contributed by atoms with Gasteiger partial charge in [0.2, 0.25) is 0 Å². The monoisotopic (exact) mass is 380 g/mol. The maximum Gasteiger partial charge on any atom is 0.297 e. The summed E-state index contributed by atoms with van der Waals surface area (Å²) >= 11 is 0. The van der Waals surface area contributed by atoms with Gasteiger partial charge in [-0.05, 0) is 24.1 Å². The SMILES string of the molecule is [B]C(=Nc1c(C(=O)NO)n[nH]c1C=O)N(C)c1ccc2c(c1)C(=O)N(C)CC2. The average molecular weight is 380 g/mol. The van der Waals surface area contributed by atoms with Gasteiger partial charge in [0.25, 0.3) is 11.8 Å². The molecular weight excluding hydrogens is 363 g/mol. The van der Waals surface area contributed by atoms with Crippen LogP contribution in [0.4, 0.5) is 11.4 Å². The third kappa shape index (κ3) is 3.39. The van der Waals surface area contributed by atoms with Crippen LogP contribution in [0, 0.1) is 0 Å². The number of rotatable bonds is 4. The highest BCUT2D eigenvalue weighted by atomic mass is 16.5. The molecule has 142 valence electrons. The van der Waals surface area contributed by atoms with Crippen molar-refractivity contribution in [3.63, 3.8) is 0 Å². The first kappa shape index (κ1) is 19.3. The number of carbonyl (C=O) groups is 3. The molecule has 0 atom stereocenters. The zero-order valence-corrected chi connectivity index (χ0v) is 15.3. The highest BCUT2D eigenvalue weighted by Gasteiger charge is 2.23. The molecule has 1 aromatic heterocycles. The lowest BCUT2D eigenvalue weighted by atomic mass is 9.97. The number of hydrogen-bond acceptors (Lipinski definition) is 6. The lowest BCUT2D eigenvalue weighted by Crippen LogP contribution is -2.34. The first-order valence-corrected chi connectivity index (χ1v) is 8.31. The van der Waals surface area contributed by atoms with E-state index in [2.05, 4.69) is 15.2 Å². The number of likely N-dealkylation sites (N-methyl/N-ethyl adjacent to an activating group) is 1. The highest BCUT2D eigenvalue weighted by Crippen LogP contribution is 2.25. The molecular formula is C17H17BN6O4. The topological polar surface area (TPSA) is 131 Å². The van der Waals surface area contributed by atoms with Crippen molar-refractivity contribution >= 4 is 43.1 Å². The zero-order chi connectivity index (χ0) is 20.4. The van der Waals surface area contributed by atoms with Crippen molar-refractivity contribution in [3.05, 3.63) is 40.7 Å². The van der Waals surface area contributed by atoms with Gasteiger partial charge in [0.05, 0.1) is 5.73 Å². The number of hydrogen-bond donors (Lipinski definition) is 3. The molecule has 1 aliphatic heterocycles. The molecule has 11 heteroatoms. The number of nitrogens with zero attached hydrogens (tertiary/aromatic N) is 4. The van der Waals surface area contributed by atoms with E-state index >= 15 is 0 Å². The summed E-state index contributed by atoms with van der Waals surface area (Å²) in [6.45, 7) is 0.662. The van der Waals surface area contributed by atoms with Crippen LogP contribution in [0.25, 0.3) is 0 Å². The first-order valence-electron chi connectivity index (χ1n) is 8.31. The fourth-order valence-corrected chi connectivity index (χ4v) is 2.86. The molecule has 28 heavy (non-hydrogen) atoms. The van der Waals surface area contributed by atoms with Gasteiger partial charge in [0.15, 0.2) is 19.8 Å². The summed E-state index contributed by atoms with van der Waals surface area (Å²) in [5, 5.41) is 14.8. The van der Waals surface area contributed by atoms with E-state index in [1.165, 1.54) is 10.4 Å². The standard InChI is InChI=1S/C17H17BN6O4/c1-23-6-5-9-3-4-10(7-11(9)16(23)27)24(2)17(18)19-13-12(8-25)20-21-14(13)15(26)22-28/h3-4,7-8,28H,5-6H2,1-2H3,(H,20,21)(H,22,26). The molecule has 2 amide bonds. The van der Waals surface area contributed by atoms with E-state index in [4.69, 9.17) is 13.1 Å². The number of carbonyl (C=O) groups excluding carboxylic acids is 3. The molecule has 1 aromatic carbocycles. The van der Waals surface area contributed by atoms with Crippen LogP contribution < -0.4 is 10.4 Å². The molecule has 0 fully saturated rings. The molecule has 3 rings (SSSR count). The van der Waals surface area contributed by atoms with Crippen LogP contribution >= 0.6 is 0 Å². The van der Waals surface area contributed by atoms with Crippen molar-refractivity contribution in [2.45, 2.75) is 6.42 Å². The molecule has 0 saturated heterocycles. The molecule has 0 bridgehead atoms. The minimum absolute atomic E-state index is 0.0481. The summed E-state index contributed by atoms with van der Waals surface area (Å²) in [6, 6.07) is 5.38. The normalized spacial score (nSPS) is 13.9. The largest absolute Gasteiger partial charge is 0.342 e. The zero-order valence-electron chi connectivity index (χ0n) is 15.3. The van der Waals surface area contributed by atoms with Crippen molar-refractivity contribution in [1.82, 2.24) is 20.6 Å². The average Bonchev–Trinajstić information content (AvgIpc) is 3.11. The van der Waals surface area contributed by atoms with Gasteiger partial charge >= 0.3 is 0 Å². The van der Waals surface area contributed by atoms with Gasteiger partial charge in [-0.25, -0.2) is 10.5 Å². The van der Waals surface area contributed by atoms with Crippen LogP contribution in [0.3, 0.4) is 0 Å². The Morgan fingerprint density at radius 1 is 1.50 bits per heavy atom. The minimum atomic E-state index is -0.944. The van der Waals surface area contributed by atoms with Crippen LogP contribution in [0.1, 0.15) is 36.9 Å². The molecule has 2 radical (unpaired) electrons. The molecule has 1 aliphatic rings. The van der Waals surface area contributed by atoms with Crippen molar-refractivity contribution in [3.8, 4) is 0 Å². The Kier molecular flexibility index (Phi) is 5.27. The number of aromatic amines is 1. The summed E-state index contributed by atoms with van der Waals surface area (Å²) in [5.74, 6) is -1.02. The van der Waals surface area contributed by atoms with Crippen molar-refractivity contribution < 1.29 is 19.6 Å². The van der Waals surface area contributed by atoms with E-state index < -0.39 is 5.91 Å². The number of aldehydes is 1. The summed E-state index contributed by atoms with van der Waals surface area (Å²) in [5.41, 5.74) is 3.06. The fourth-order valence-electron chi connectivity index (χ4n) is 2.86. The smallest absolute Gasteiger partial charge is 0.297 e. The van der Waals surface area contributed by atoms with Gasteiger partial charge in [-0.1, -0.05) is 6.07 Å². The van der Waals surface area contributed by atoms with Gasteiger partial charge in [-0.2, -0.15) is 5.10 Å². The lowest BCUT2D eigenvalue weighted by molar-refractivity contribution is 0.0701. The minimum Gasteiger partial charge on any atom is -0.342 e. The van der Waals surface area contributed by atoms with E-state index in [0.717, 1.165) is 12.0 Å². The Labute approximate surface area is 161 Å². The van der Waals surface area contributed by atoms with Gasteiger partial charge in [-0.15, -0.1) is 0 Å². The van der Waals surface area contributed by atoms with Crippen molar-refractivity contribution in [2.24, 2.45) is 4.99 Å². The summed E-state index contributed by atoms with van der Waals surface area (Å²) in [7, 11) is 9.41. The number of benzene rings is 1. The van der Waals surface area contributed by atoms with Crippen LogP contribution in [0.15, 0.2) is 23.2 Å². The highest BCUT2D eigenvalue weighted by molar-refractivity contribution is 6.62. The molecule has 0 spiro atoms. The second-order valence-corrected chi connectivity index (χ2v) is 6.24. The number of amidine groups is 1. The second kappa shape index (κ2) is 7.65. The van der Waals surface area contributed by atoms with Crippen LogP contribution in [0.5, 0.6) is 0 Å². The quantitative estimate of drug-likeness (QED) is 0.174. The summed E-state index contributed by atoms with van der Waals surface area (Å²) in [4.78, 5) is 42.5. The van der Waals surface area contributed by atoms with Gasteiger partial charge in [0, 0.05) is 31.9 Å². The second-order valence-electron chi connectivity index (χ2n) is 6.24. The molecule has 2 heterocycles. The van der Waals surface area contributed by atoms with Crippen LogP contribution in [-0.4, -0.2) is 72.6 Å². The Bertz CT molecular complexity index is 986. The predicted molar refractivity (Wildman–Crippen MR) is 102 cm³/mol. The number of fused-ring (bicyclic) bond motifs is 1. The predicted octanol–water partition coefficient (Wildman–Crippen LogP) is 0.262. The summed E-state index contributed by atoms with van der Waals surface area (Å²) < 4.78 is 0. The molecule has 2 aromatic rings. The molecule has 3 N–H and O–H groups in total. The van der Waals surface area contributed by atoms with Crippen molar-refractivity contribution in [2.75, 3.05) is 25.5 Å². The van der Waals surface area contributed by atoms with Crippen LogP contribution in [0.2, 0.25) is 0 Å².